The second-order valence-corrected chi connectivity index (χ2v) is 6.07. The number of rotatable bonds is 3. The molecule has 1 aliphatic heterocycles. The third-order valence-corrected chi connectivity index (χ3v) is 4.55. The normalized spacial score (nSPS) is 30.9. The SMILES string of the molecule is CC(C)C1CCN(C(=O)[C@@H]2CC=CC[C@@H]2C(=O)O)C1. The van der Waals surface area contributed by atoms with Gasteiger partial charge in [-0.25, -0.2) is 0 Å². The average Bonchev–Trinajstić information content (AvgIpc) is 2.87. The van der Waals surface area contributed by atoms with Crippen LogP contribution in [0.4, 0.5) is 0 Å². The first-order chi connectivity index (χ1) is 9.00. The molecule has 0 saturated carbocycles. The Bertz CT molecular complexity index is 389. The van der Waals surface area contributed by atoms with E-state index in [0.717, 1.165) is 19.5 Å². The zero-order valence-corrected chi connectivity index (χ0v) is 11.7. The highest BCUT2D eigenvalue weighted by Crippen LogP contribution is 2.31. The summed E-state index contributed by atoms with van der Waals surface area (Å²) >= 11 is 0. The lowest BCUT2D eigenvalue weighted by molar-refractivity contribution is -0.150. The van der Waals surface area contributed by atoms with Crippen molar-refractivity contribution < 1.29 is 14.7 Å². The number of amides is 1. The van der Waals surface area contributed by atoms with E-state index >= 15 is 0 Å². The molecule has 0 aromatic heterocycles. The molecule has 4 heteroatoms. The van der Waals surface area contributed by atoms with Crippen LogP contribution in [0.1, 0.15) is 33.1 Å². The zero-order valence-electron chi connectivity index (χ0n) is 11.7. The van der Waals surface area contributed by atoms with Crippen LogP contribution < -0.4 is 0 Å². The molecule has 106 valence electrons. The second-order valence-electron chi connectivity index (χ2n) is 6.07. The van der Waals surface area contributed by atoms with E-state index in [1.165, 1.54) is 0 Å². The van der Waals surface area contributed by atoms with Crippen molar-refractivity contribution in [2.24, 2.45) is 23.7 Å². The number of hydrogen-bond acceptors (Lipinski definition) is 2. The van der Waals surface area contributed by atoms with Crippen LogP contribution >= 0.6 is 0 Å². The summed E-state index contributed by atoms with van der Waals surface area (Å²) in [6.45, 7) is 5.95. The van der Waals surface area contributed by atoms with Gasteiger partial charge in [0.2, 0.25) is 5.91 Å². The molecule has 1 heterocycles. The predicted molar refractivity (Wildman–Crippen MR) is 72.5 cm³/mol. The van der Waals surface area contributed by atoms with Crippen molar-refractivity contribution in [1.82, 2.24) is 4.90 Å². The second kappa shape index (κ2) is 5.76. The topological polar surface area (TPSA) is 57.6 Å². The van der Waals surface area contributed by atoms with Crippen LogP contribution in [0.25, 0.3) is 0 Å². The number of likely N-dealkylation sites (tertiary alicyclic amines) is 1. The number of carbonyl (C=O) groups excluding carboxylic acids is 1. The Balaban J connectivity index is 2.03. The van der Waals surface area contributed by atoms with Crippen molar-refractivity contribution in [3.8, 4) is 0 Å². The van der Waals surface area contributed by atoms with Crippen molar-refractivity contribution in [1.29, 1.82) is 0 Å². The quantitative estimate of drug-likeness (QED) is 0.795. The lowest BCUT2D eigenvalue weighted by atomic mass is 9.82. The summed E-state index contributed by atoms with van der Waals surface area (Å²) in [5.74, 6) is -0.572. The molecule has 1 amide bonds. The van der Waals surface area contributed by atoms with Gasteiger partial charge in [-0.3, -0.25) is 9.59 Å². The van der Waals surface area contributed by atoms with Gasteiger partial charge in [-0.15, -0.1) is 0 Å². The summed E-state index contributed by atoms with van der Waals surface area (Å²) in [5, 5.41) is 9.24. The van der Waals surface area contributed by atoms with E-state index in [9.17, 15) is 14.7 Å². The maximum atomic E-state index is 12.5. The van der Waals surface area contributed by atoms with E-state index in [0.29, 0.717) is 24.7 Å². The van der Waals surface area contributed by atoms with Gasteiger partial charge in [0.15, 0.2) is 0 Å². The molecule has 2 rings (SSSR count). The fourth-order valence-corrected chi connectivity index (χ4v) is 3.13. The highest BCUT2D eigenvalue weighted by atomic mass is 16.4. The first kappa shape index (κ1) is 14.1. The van der Waals surface area contributed by atoms with Crippen molar-refractivity contribution >= 4 is 11.9 Å². The summed E-state index contributed by atoms with van der Waals surface area (Å²) < 4.78 is 0. The van der Waals surface area contributed by atoms with Gasteiger partial charge in [-0.1, -0.05) is 26.0 Å². The molecule has 1 aliphatic carbocycles. The first-order valence-corrected chi connectivity index (χ1v) is 7.17. The molecule has 4 nitrogen and oxygen atoms in total. The Morgan fingerprint density at radius 3 is 2.37 bits per heavy atom. The lowest BCUT2D eigenvalue weighted by Gasteiger charge is -2.29. The first-order valence-electron chi connectivity index (χ1n) is 7.17. The summed E-state index contributed by atoms with van der Waals surface area (Å²) in [7, 11) is 0. The maximum absolute atomic E-state index is 12.5. The number of nitrogens with zero attached hydrogens (tertiary/aromatic N) is 1. The van der Waals surface area contributed by atoms with Crippen LogP contribution in [0.5, 0.6) is 0 Å². The highest BCUT2D eigenvalue weighted by molar-refractivity contribution is 5.85. The minimum absolute atomic E-state index is 0.0416. The predicted octanol–water partition coefficient (Wildman–Crippen LogP) is 2.16. The number of aliphatic carboxylic acids is 1. The molecular weight excluding hydrogens is 242 g/mol. The van der Waals surface area contributed by atoms with Gasteiger partial charge in [0.05, 0.1) is 11.8 Å². The van der Waals surface area contributed by atoms with Gasteiger partial charge in [-0.05, 0) is 31.1 Å². The van der Waals surface area contributed by atoms with Crippen molar-refractivity contribution in [3.05, 3.63) is 12.2 Å². The summed E-state index contributed by atoms with van der Waals surface area (Å²) in [6, 6.07) is 0. The molecule has 0 bridgehead atoms. The number of hydrogen-bond donors (Lipinski definition) is 1. The van der Waals surface area contributed by atoms with Gasteiger partial charge in [0.25, 0.3) is 0 Å². The molecule has 0 radical (unpaired) electrons. The highest BCUT2D eigenvalue weighted by Gasteiger charge is 2.38. The van der Waals surface area contributed by atoms with Crippen LogP contribution in [-0.2, 0) is 9.59 Å². The lowest BCUT2D eigenvalue weighted by Crippen LogP contribution is -2.41. The maximum Gasteiger partial charge on any atom is 0.307 e. The average molecular weight is 265 g/mol. The molecule has 1 N–H and O–H groups in total. The fraction of sp³-hybridized carbons (Fsp3) is 0.733. The molecule has 3 atom stereocenters. The van der Waals surface area contributed by atoms with E-state index in [-0.39, 0.29) is 11.8 Å². The fourth-order valence-electron chi connectivity index (χ4n) is 3.13. The zero-order chi connectivity index (χ0) is 14.0. The van der Waals surface area contributed by atoms with Crippen LogP contribution in [0.3, 0.4) is 0 Å². The van der Waals surface area contributed by atoms with Crippen LogP contribution in [0.2, 0.25) is 0 Å². The van der Waals surface area contributed by atoms with E-state index in [1.54, 1.807) is 0 Å². The molecule has 0 aromatic rings. The number of allylic oxidation sites excluding steroid dienone is 2. The van der Waals surface area contributed by atoms with E-state index in [1.807, 2.05) is 17.1 Å². The molecule has 2 aliphatic rings. The Labute approximate surface area is 114 Å². The third kappa shape index (κ3) is 2.99. The van der Waals surface area contributed by atoms with E-state index < -0.39 is 11.9 Å². The van der Waals surface area contributed by atoms with Gasteiger partial charge in [0.1, 0.15) is 0 Å². The van der Waals surface area contributed by atoms with Crippen LogP contribution in [0.15, 0.2) is 12.2 Å². The number of carboxylic acid groups (broad SMARTS) is 1. The van der Waals surface area contributed by atoms with Crippen molar-refractivity contribution in [2.75, 3.05) is 13.1 Å². The largest absolute Gasteiger partial charge is 0.481 e. The van der Waals surface area contributed by atoms with Gasteiger partial charge in [0, 0.05) is 13.1 Å². The molecule has 1 saturated heterocycles. The standard InChI is InChI=1S/C15H23NO3/c1-10(2)11-7-8-16(9-11)14(17)12-5-3-4-6-13(12)15(18)19/h3-4,10-13H,5-9H2,1-2H3,(H,18,19)/t11?,12-,13+/m1/s1. The minimum Gasteiger partial charge on any atom is -0.481 e. The third-order valence-electron chi connectivity index (χ3n) is 4.55. The van der Waals surface area contributed by atoms with E-state index in [4.69, 9.17) is 0 Å². The number of carboxylic acids is 1. The Morgan fingerprint density at radius 1 is 1.21 bits per heavy atom. The van der Waals surface area contributed by atoms with Gasteiger partial charge < -0.3 is 10.0 Å². The molecule has 1 unspecified atom stereocenters. The Hall–Kier alpha value is -1.32. The van der Waals surface area contributed by atoms with E-state index in [2.05, 4.69) is 13.8 Å². The van der Waals surface area contributed by atoms with Gasteiger partial charge >= 0.3 is 5.97 Å². The van der Waals surface area contributed by atoms with Crippen LogP contribution in [-0.4, -0.2) is 35.0 Å². The minimum atomic E-state index is -0.845. The summed E-state index contributed by atoms with van der Waals surface area (Å²) in [5.41, 5.74) is 0. The summed E-state index contributed by atoms with van der Waals surface area (Å²) in [6.07, 6.45) is 5.91. The molecule has 0 spiro atoms. The molecule has 0 aromatic carbocycles. The molecule has 1 fully saturated rings. The molecular formula is C15H23NO3. The number of carbonyl (C=O) groups is 2. The Kier molecular flexibility index (Phi) is 4.27. The molecule has 19 heavy (non-hydrogen) atoms. The van der Waals surface area contributed by atoms with Crippen LogP contribution in [0, 0.1) is 23.7 Å². The Morgan fingerprint density at radius 2 is 1.84 bits per heavy atom. The monoisotopic (exact) mass is 265 g/mol. The van der Waals surface area contributed by atoms with Gasteiger partial charge in [-0.2, -0.15) is 0 Å². The smallest absolute Gasteiger partial charge is 0.307 e. The summed E-state index contributed by atoms with van der Waals surface area (Å²) in [4.78, 5) is 25.6. The van der Waals surface area contributed by atoms with Crippen molar-refractivity contribution in [2.45, 2.75) is 33.1 Å². The van der Waals surface area contributed by atoms with Crippen molar-refractivity contribution in [3.63, 3.8) is 0 Å².